The highest BCUT2D eigenvalue weighted by Gasteiger charge is 2.15. The Morgan fingerprint density at radius 3 is 2.41 bits per heavy atom. The van der Waals surface area contributed by atoms with Crippen molar-refractivity contribution >= 4 is 35.5 Å². The molecule has 2 N–H and O–H groups in total. The first-order chi connectivity index (χ1) is 13.0. The Balaban J connectivity index is 1.64. The van der Waals surface area contributed by atoms with E-state index in [1.165, 1.54) is 4.68 Å². The zero-order valence-corrected chi connectivity index (χ0v) is 15.8. The van der Waals surface area contributed by atoms with Crippen molar-refractivity contribution in [2.75, 3.05) is 5.43 Å². The quantitative estimate of drug-likeness (QED) is 0.671. The highest BCUT2D eigenvalue weighted by atomic mass is 32.1. The van der Waals surface area contributed by atoms with E-state index in [2.05, 4.69) is 15.4 Å². The van der Waals surface area contributed by atoms with Crippen molar-refractivity contribution in [2.24, 2.45) is 9.98 Å². The Bertz CT molecular complexity index is 1220. The van der Waals surface area contributed by atoms with Crippen LogP contribution in [0.25, 0.3) is 6.08 Å². The standard InChI is InChI=1S/C19H14N4O2S2/c1-11-6-8-12(9-7-11)17(24)22-23-18(25)15(27-19(23)26)10-16-20-13-4-2-3-5-14(13)21-16/h2-10,25H,1H3,(H,22,24). The summed E-state index contributed by atoms with van der Waals surface area (Å²) in [6, 6.07) is 14.6. The molecule has 0 spiro atoms. The SMILES string of the molecule is Cc1ccc(C(=O)Nn2c(O)c(C=C3N=c4ccccc4=N3)sc2=S)cc1. The topological polar surface area (TPSA) is 79.0 Å². The molecule has 0 atom stereocenters. The predicted octanol–water partition coefficient (Wildman–Crippen LogP) is 2.93. The van der Waals surface area contributed by atoms with E-state index in [0.717, 1.165) is 27.6 Å². The van der Waals surface area contributed by atoms with Crippen molar-refractivity contribution in [3.8, 4) is 5.88 Å². The molecule has 1 amide bonds. The van der Waals surface area contributed by atoms with Gasteiger partial charge < -0.3 is 5.11 Å². The van der Waals surface area contributed by atoms with Gasteiger partial charge in [-0.1, -0.05) is 41.2 Å². The molecule has 0 radical (unpaired) electrons. The van der Waals surface area contributed by atoms with Gasteiger partial charge in [0.25, 0.3) is 5.91 Å². The molecule has 2 aromatic carbocycles. The number of carbonyl (C=O) groups is 1. The molecule has 0 unspecified atom stereocenters. The molecule has 0 fully saturated rings. The molecule has 8 heteroatoms. The summed E-state index contributed by atoms with van der Waals surface area (Å²) >= 11 is 6.44. The average molecular weight is 394 g/mol. The third-order valence-electron chi connectivity index (χ3n) is 3.95. The number of fused-ring (bicyclic) bond motifs is 1. The number of nitrogens with zero attached hydrogens (tertiary/aromatic N) is 3. The van der Waals surface area contributed by atoms with Crippen LogP contribution in [-0.2, 0) is 0 Å². The lowest BCUT2D eigenvalue weighted by molar-refractivity contribution is 0.101. The number of aromatic hydroxyl groups is 1. The lowest BCUT2D eigenvalue weighted by Gasteiger charge is -2.07. The lowest BCUT2D eigenvalue weighted by atomic mass is 10.1. The lowest BCUT2D eigenvalue weighted by Crippen LogP contribution is -2.22. The molecule has 1 aromatic heterocycles. The first kappa shape index (κ1) is 17.3. The molecular formula is C19H14N4O2S2. The third-order valence-corrected chi connectivity index (χ3v) is 5.26. The fourth-order valence-corrected chi connectivity index (χ4v) is 3.71. The van der Waals surface area contributed by atoms with E-state index < -0.39 is 0 Å². The van der Waals surface area contributed by atoms with Crippen LogP contribution in [0.15, 0.2) is 64.3 Å². The maximum atomic E-state index is 12.4. The minimum Gasteiger partial charge on any atom is -0.492 e. The summed E-state index contributed by atoms with van der Waals surface area (Å²) in [6.07, 6.45) is 1.64. The van der Waals surface area contributed by atoms with E-state index >= 15 is 0 Å². The molecule has 4 rings (SSSR count). The molecular weight excluding hydrogens is 380 g/mol. The zero-order valence-electron chi connectivity index (χ0n) is 14.2. The van der Waals surface area contributed by atoms with Crippen LogP contribution in [0.3, 0.4) is 0 Å². The van der Waals surface area contributed by atoms with Crippen molar-refractivity contribution in [3.05, 3.63) is 85.0 Å². The van der Waals surface area contributed by atoms with Gasteiger partial charge in [-0.05, 0) is 43.4 Å². The number of thiazole rings is 1. The fraction of sp³-hybridized carbons (Fsp3) is 0.0526. The van der Waals surface area contributed by atoms with Crippen molar-refractivity contribution in [1.29, 1.82) is 0 Å². The number of benzene rings is 2. The molecule has 1 aliphatic heterocycles. The number of rotatable bonds is 3. The number of hydrogen-bond donors (Lipinski definition) is 2. The van der Waals surface area contributed by atoms with E-state index in [1.807, 2.05) is 43.3 Å². The summed E-state index contributed by atoms with van der Waals surface area (Å²) in [4.78, 5) is 21.7. The summed E-state index contributed by atoms with van der Waals surface area (Å²) in [7, 11) is 0. The number of nitrogens with one attached hydrogen (secondary N) is 1. The van der Waals surface area contributed by atoms with E-state index in [-0.39, 0.29) is 11.8 Å². The van der Waals surface area contributed by atoms with E-state index in [1.54, 1.807) is 18.2 Å². The third kappa shape index (κ3) is 3.44. The Morgan fingerprint density at radius 2 is 1.78 bits per heavy atom. The van der Waals surface area contributed by atoms with Gasteiger partial charge in [-0.2, -0.15) is 4.68 Å². The minimum atomic E-state index is -0.360. The minimum absolute atomic E-state index is 0.153. The number of para-hydroxylation sites is 2. The number of amides is 1. The highest BCUT2D eigenvalue weighted by Crippen LogP contribution is 2.28. The molecule has 27 heavy (non-hydrogen) atoms. The molecule has 0 aliphatic carbocycles. The number of aromatic nitrogens is 1. The maximum absolute atomic E-state index is 12.4. The summed E-state index contributed by atoms with van der Waals surface area (Å²) < 4.78 is 1.51. The second kappa shape index (κ2) is 6.90. The summed E-state index contributed by atoms with van der Waals surface area (Å²) in [5.74, 6) is -0.0415. The average Bonchev–Trinajstić information content (AvgIpc) is 3.18. The first-order valence-electron chi connectivity index (χ1n) is 8.08. The van der Waals surface area contributed by atoms with Gasteiger partial charge in [0.1, 0.15) is 0 Å². The fourth-order valence-electron chi connectivity index (χ4n) is 2.55. The van der Waals surface area contributed by atoms with Crippen LogP contribution >= 0.6 is 23.6 Å². The highest BCUT2D eigenvalue weighted by molar-refractivity contribution is 7.73. The number of carbonyl (C=O) groups excluding carboxylic acids is 1. The number of hydrogen-bond acceptors (Lipinski definition) is 6. The van der Waals surface area contributed by atoms with E-state index in [0.29, 0.717) is 20.2 Å². The number of aryl methyl sites for hydroxylation is 1. The van der Waals surface area contributed by atoms with Crippen LogP contribution in [0.1, 0.15) is 20.8 Å². The Morgan fingerprint density at radius 1 is 1.15 bits per heavy atom. The molecule has 2 heterocycles. The molecule has 3 aromatic rings. The molecule has 0 saturated carbocycles. The van der Waals surface area contributed by atoms with Crippen LogP contribution in [0.2, 0.25) is 0 Å². The van der Waals surface area contributed by atoms with Gasteiger partial charge in [0.15, 0.2) is 9.78 Å². The van der Waals surface area contributed by atoms with Crippen LogP contribution in [0, 0.1) is 10.9 Å². The van der Waals surface area contributed by atoms with Gasteiger partial charge in [-0.15, -0.1) is 0 Å². The molecule has 134 valence electrons. The maximum Gasteiger partial charge on any atom is 0.270 e. The Labute approximate surface area is 163 Å². The van der Waals surface area contributed by atoms with Crippen LogP contribution in [0.4, 0.5) is 0 Å². The van der Waals surface area contributed by atoms with Gasteiger partial charge >= 0.3 is 0 Å². The van der Waals surface area contributed by atoms with Gasteiger partial charge in [0.05, 0.1) is 15.6 Å². The summed E-state index contributed by atoms with van der Waals surface area (Å²) in [6.45, 7) is 1.94. The summed E-state index contributed by atoms with van der Waals surface area (Å²) in [5.41, 5.74) is 4.15. The van der Waals surface area contributed by atoms with Crippen molar-refractivity contribution < 1.29 is 9.90 Å². The van der Waals surface area contributed by atoms with Gasteiger partial charge in [0.2, 0.25) is 5.88 Å². The first-order valence-corrected chi connectivity index (χ1v) is 9.31. The van der Waals surface area contributed by atoms with Crippen LogP contribution in [-0.4, -0.2) is 15.7 Å². The van der Waals surface area contributed by atoms with Gasteiger partial charge in [0, 0.05) is 11.6 Å². The van der Waals surface area contributed by atoms with E-state index in [4.69, 9.17) is 12.2 Å². The van der Waals surface area contributed by atoms with Crippen molar-refractivity contribution in [2.45, 2.75) is 6.92 Å². The second-order valence-corrected chi connectivity index (χ2v) is 7.59. The molecule has 0 saturated heterocycles. The molecule has 0 bridgehead atoms. The second-order valence-electron chi connectivity index (χ2n) is 5.91. The van der Waals surface area contributed by atoms with Crippen LogP contribution in [0.5, 0.6) is 5.88 Å². The smallest absolute Gasteiger partial charge is 0.270 e. The zero-order chi connectivity index (χ0) is 19.0. The van der Waals surface area contributed by atoms with Gasteiger partial charge in [-0.3, -0.25) is 10.2 Å². The summed E-state index contributed by atoms with van der Waals surface area (Å²) in [5, 5.41) is 12.0. The Kier molecular flexibility index (Phi) is 4.43. The van der Waals surface area contributed by atoms with Gasteiger partial charge in [-0.25, -0.2) is 9.98 Å². The molecule has 1 aliphatic rings. The normalized spacial score (nSPS) is 12.1. The van der Waals surface area contributed by atoms with E-state index in [9.17, 15) is 9.90 Å². The van der Waals surface area contributed by atoms with Crippen molar-refractivity contribution in [1.82, 2.24) is 4.68 Å². The Hall–Kier alpha value is -3.10. The predicted molar refractivity (Wildman–Crippen MR) is 106 cm³/mol. The monoisotopic (exact) mass is 394 g/mol. The molecule has 6 nitrogen and oxygen atoms in total. The van der Waals surface area contributed by atoms with Crippen molar-refractivity contribution in [3.63, 3.8) is 0 Å². The van der Waals surface area contributed by atoms with Crippen LogP contribution < -0.4 is 16.1 Å². The largest absolute Gasteiger partial charge is 0.492 e.